The van der Waals surface area contributed by atoms with Crippen LogP contribution in [-0.2, 0) is 28.6 Å². The molecule has 1 heterocycles. The zero-order chi connectivity index (χ0) is 16.7. The Morgan fingerprint density at radius 1 is 1.32 bits per heavy atom. The Kier molecular flexibility index (Phi) is 7.37. The summed E-state index contributed by atoms with van der Waals surface area (Å²) in [6.45, 7) is 3.56. The third-order valence-electron chi connectivity index (χ3n) is 3.37. The smallest absolute Gasteiger partial charge is 0.308 e. The predicted octanol–water partition coefficient (Wildman–Crippen LogP) is -0.628. The van der Waals surface area contributed by atoms with Crippen molar-refractivity contribution < 1.29 is 28.6 Å². The fraction of sp³-hybridized carbons (Fsp3) is 0.786. The van der Waals surface area contributed by atoms with Gasteiger partial charge in [0.25, 0.3) is 0 Å². The van der Waals surface area contributed by atoms with Crippen LogP contribution in [0.3, 0.4) is 0 Å². The highest BCUT2D eigenvalue weighted by Crippen LogP contribution is 2.23. The molecule has 1 unspecified atom stereocenters. The lowest BCUT2D eigenvalue weighted by molar-refractivity contribution is -0.159. The van der Waals surface area contributed by atoms with E-state index in [1.807, 2.05) is 7.85 Å². The second kappa shape index (κ2) is 8.78. The fourth-order valence-electron chi connectivity index (χ4n) is 2.09. The van der Waals surface area contributed by atoms with Crippen molar-refractivity contribution in [3.63, 3.8) is 0 Å². The van der Waals surface area contributed by atoms with E-state index in [4.69, 9.17) is 14.2 Å². The first-order chi connectivity index (χ1) is 10.3. The lowest BCUT2D eigenvalue weighted by Crippen LogP contribution is -2.33. The molecule has 0 aromatic carbocycles. The summed E-state index contributed by atoms with van der Waals surface area (Å²) in [5.74, 6) is -1.19. The summed E-state index contributed by atoms with van der Waals surface area (Å²) >= 11 is 0. The van der Waals surface area contributed by atoms with Crippen molar-refractivity contribution in [3.05, 3.63) is 0 Å². The molecular weight excluding hydrogens is 289 g/mol. The van der Waals surface area contributed by atoms with Gasteiger partial charge in [0.05, 0.1) is 12.3 Å². The molecule has 0 saturated carbocycles. The number of hydrogen-bond acceptors (Lipinski definition) is 6. The minimum Gasteiger partial charge on any atom is -0.463 e. The van der Waals surface area contributed by atoms with Crippen molar-refractivity contribution in [2.45, 2.75) is 51.3 Å². The van der Waals surface area contributed by atoms with E-state index in [0.29, 0.717) is 6.42 Å². The van der Waals surface area contributed by atoms with E-state index in [-0.39, 0.29) is 43.2 Å². The highest BCUT2D eigenvalue weighted by atomic mass is 16.6. The first-order valence-corrected chi connectivity index (χ1v) is 7.55. The maximum Gasteiger partial charge on any atom is 0.308 e. The van der Waals surface area contributed by atoms with E-state index in [2.05, 4.69) is 5.32 Å². The van der Waals surface area contributed by atoms with Gasteiger partial charge < -0.3 is 19.5 Å². The summed E-state index contributed by atoms with van der Waals surface area (Å²) in [6, 6.07) is -0.0699. The molecule has 0 bridgehead atoms. The second-order valence-electron chi connectivity index (χ2n) is 5.71. The highest BCUT2D eigenvalue weighted by Gasteiger charge is 2.36. The molecule has 0 aliphatic carbocycles. The number of amides is 1. The summed E-state index contributed by atoms with van der Waals surface area (Å²) in [5, 5.41) is 2.44. The van der Waals surface area contributed by atoms with Crippen LogP contribution < -0.4 is 5.32 Å². The average molecular weight is 313 g/mol. The Hall–Kier alpha value is -1.57. The average Bonchev–Trinajstić information content (AvgIpc) is 2.81. The molecular formula is C14H24BNO6. The number of ether oxygens (including phenoxy) is 3. The van der Waals surface area contributed by atoms with Crippen molar-refractivity contribution >= 4 is 25.7 Å². The highest BCUT2D eigenvalue weighted by molar-refractivity contribution is 6.11. The maximum absolute atomic E-state index is 11.8. The Labute approximate surface area is 131 Å². The molecule has 1 amide bonds. The van der Waals surface area contributed by atoms with Crippen LogP contribution in [0.2, 0.25) is 0 Å². The lowest BCUT2D eigenvalue weighted by Gasteiger charge is -2.19. The lowest BCUT2D eigenvalue weighted by atomic mass is 9.96. The van der Waals surface area contributed by atoms with Crippen molar-refractivity contribution in [1.29, 1.82) is 0 Å². The molecule has 1 fully saturated rings. The van der Waals surface area contributed by atoms with E-state index in [9.17, 15) is 14.4 Å². The molecule has 0 aromatic rings. The normalized spacial score (nSPS) is 24.1. The molecule has 124 valence electrons. The van der Waals surface area contributed by atoms with Crippen LogP contribution in [0.25, 0.3) is 0 Å². The van der Waals surface area contributed by atoms with Crippen LogP contribution in [0.4, 0.5) is 0 Å². The molecule has 8 heteroatoms. The van der Waals surface area contributed by atoms with Gasteiger partial charge in [-0.1, -0.05) is 13.8 Å². The van der Waals surface area contributed by atoms with Crippen LogP contribution in [0.1, 0.15) is 33.1 Å². The first-order valence-electron chi connectivity index (χ1n) is 7.55. The van der Waals surface area contributed by atoms with Crippen molar-refractivity contribution in [1.82, 2.24) is 5.32 Å². The van der Waals surface area contributed by atoms with Crippen LogP contribution in [0.5, 0.6) is 0 Å². The molecule has 7 nitrogen and oxygen atoms in total. The monoisotopic (exact) mass is 313 g/mol. The molecule has 0 spiro atoms. The van der Waals surface area contributed by atoms with Crippen molar-refractivity contribution in [3.8, 4) is 0 Å². The third-order valence-corrected chi connectivity index (χ3v) is 3.37. The number of rotatable bonds is 7. The Morgan fingerprint density at radius 3 is 2.59 bits per heavy atom. The van der Waals surface area contributed by atoms with E-state index in [1.165, 1.54) is 7.05 Å². The maximum atomic E-state index is 11.8. The van der Waals surface area contributed by atoms with E-state index in [1.54, 1.807) is 13.8 Å². The Bertz CT molecular complexity index is 414. The standard InChI is InChI=1S/C14H24BNO6/c1-8(2)14(19)20-7-10-9(6-11(15)21-10)22-13(18)5-4-12(17)16-3/h8-11H,4-7,15H2,1-3H3,(H,16,17)/t9?,10-,11-/m1/s1. The minimum atomic E-state index is -0.457. The van der Waals surface area contributed by atoms with Crippen LogP contribution in [0.15, 0.2) is 0 Å². The van der Waals surface area contributed by atoms with Gasteiger partial charge in [0, 0.05) is 25.9 Å². The zero-order valence-corrected chi connectivity index (χ0v) is 13.6. The quantitative estimate of drug-likeness (QED) is 0.497. The Balaban J connectivity index is 2.43. The summed E-state index contributed by atoms with van der Waals surface area (Å²) in [5.41, 5.74) is 0. The van der Waals surface area contributed by atoms with Gasteiger partial charge in [-0.15, -0.1) is 0 Å². The van der Waals surface area contributed by atoms with Crippen LogP contribution in [-0.4, -0.2) is 57.6 Å². The topological polar surface area (TPSA) is 90.9 Å². The first kappa shape index (κ1) is 18.5. The predicted molar refractivity (Wildman–Crippen MR) is 80.8 cm³/mol. The molecule has 0 aromatic heterocycles. The molecule has 3 atom stereocenters. The van der Waals surface area contributed by atoms with Crippen molar-refractivity contribution in [2.24, 2.45) is 5.92 Å². The van der Waals surface area contributed by atoms with Crippen molar-refractivity contribution in [2.75, 3.05) is 13.7 Å². The molecule has 0 radical (unpaired) electrons. The molecule has 1 N–H and O–H groups in total. The molecule has 1 saturated heterocycles. The van der Waals surface area contributed by atoms with Gasteiger partial charge in [0.15, 0.2) is 0 Å². The van der Waals surface area contributed by atoms with Gasteiger partial charge in [0.2, 0.25) is 5.91 Å². The van der Waals surface area contributed by atoms with Gasteiger partial charge in [-0.05, 0) is 0 Å². The number of nitrogens with one attached hydrogen (secondary N) is 1. The Morgan fingerprint density at radius 2 is 2.00 bits per heavy atom. The number of esters is 2. The second-order valence-corrected chi connectivity index (χ2v) is 5.71. The number of carbonyl (C=O) groups is 3. The van der Waals surface area contributed by atoms with Crippen LogP contribution >= 0.6 is 0 Å². The minimum absolute atomic E-state index is 0.0169. The number of hydrogen-bond donors (Lipinski definition) is 1. The van der Waals surface area contributed by atoms with E-state index in [0.717, 1.165) is 0 Å². The van der Waals surface area contributed by atoms with Gasteiger partial charge in [0.1, 0.15) is 26.7 Å². The summed E-state index contributed by atoms with van der Waals surface area (Å²) < 4.78 is 16.1. The summed E-state index contributed by atoms with van der Waals surface area (Å²) in [6.07, 6.45) is -0.252. The third kappa shape index (κ3) is 6.05. The molecule has 1 aliphatic rings. The van der Waals surface area contributed by atoms with E-state index >= 15 is 0 Å². The van der Waals surface area contributed by atoms with E-state index < -0.39 is 18.2 Å². The SMILES string of the molecule is B[C@H]1CC(OC(=O)CCC(=O)NC)[C@@H](COC(=O)C(C)C)O1. The molecule has 1 rings (SSSR count). The van der Waals surface area contributed by atoms with Gasteiger partial charge in [-0.3, -0.25) is 14.4 Å². The number of carbonyl (C=O) groups excluding carboxylic acids is 3. The largest absolute Gasteiger partial charge is 0.463 e. The molecule has 22 heavy (non-hydrogen) atoms. The van der Waals surface area contributed by atoms with Gasteiger partial charge >= 0.3 is 11.9 Å². The fourth-order valence-corrected chi connectivity index (χ4v) is 2.09. The zero-order valence-electron chi connectivity index (χ0n) is 13.6. The molecule has 1 aliphatic heterocycles. The van der Waals surface area contributed by atoms with Gasteiger partial charge in [-0.25, -0.2) is 0 Å². The summed E-state index contributed by atoms with van der Waals surface area (Å²) in [7, 11) is 3.38. The summed E-state index contributed by atoms with van der Waals surface area (Å²) in [4.78, 5) is 34.4. The van der Waals surface area contributed by atoms with Gasteiger partial charge in [-0.2, -0.15) is 0 Å². The van der Waals surface area contributed by atoms with Crippen LogP contribution in [0, 0.1) is 5.92 Å².